The molecule has 0 aromatic heterocycles. The summed E-state index contributed by atoms with van der Waals surface area (Å²) in [4.78, 5) is 0. The molecule has 2 aromatic carbocycles. The Bertz CT molecular complexity index is 618. The van der Waals surface area contributed by atoms with Crippen LogP contribution in [0.1, 0.15) is 27.6 Å². The van der Waals surface area contributed by atoms with E-state index in [1.54, 1.807) is 0 Å². The van der Waals surface area contributed by atoms with Gasteiger partial charge in [-0.3, -0.25) is 0 Å². The summed E-state index contributed by atoms with van der Waals surface area (Å²) in [7, 11) is 0. The van der Waals surface area contributed by atoms with Gasteiger partial charge in [0.25, 0.3) is 0 Å². The van der Waals surface area contributed by atoms with Gasteiger partial charge in [-0.25, -0.2) is 8.78 Å². The fraction of sp³-hybridized carbons (Fsp3) is 0.250. The Kier molecular flexibility index (Phi) is 4.66. The smallest absolute Gasteiger partial charge is 0.129 e. The van der Waals surface area contributed by atoms with Gasteiger partial charge in [-0.1, -0.05) is 23.7 Å². The second-order valence-corrected chi connectivity index (χ2v) is 5.76. The van der Waals surface area contributed by atoms with E-state index in [9.17, 15) is 8.78 Å². The molecule has 0 aliphatic carbocycles. The second kappa shape index (κ2) is 6.11. The minimum absolute atomic E-state index is 0.0134. The first kappa shape index (κ1) is 15.3. The number of halogens is 4. The molecule has 0 aliphatic heterocycles. The van der Waals surface area contributed by atoms with Crippen LogP contribution in [0.4, 0.5) is 8.78 Å². The Morgan fingerprint density at radius 2 is 1.65 bits per heavy atom. The first-order valence-corrected chi connectivity index (χ1v) is 7.05. The van der Waals surface area contributed by atoms with Crippen LogP contribution in [0.3, 0.4) is 0 Å². The van der Waals surface area contributed by atoms with E-state index in [-0.39, 0.29) is 12.0 Å². The number of hydrogen-bond acceptors (Lipinski definition) is 0. The van der Waals surface area contributed by atoms with Crippen LogP contribution in [0.2, 0.25) is 5.02 Å². The third-order valence-electron chi connectivity index (χ3n) is 3.33. The molecule has 0 amide bonds. The lowest BCUT2D eigenvalue weighted by Gasteiger charge is -2.15. The minimum Gasteiger partial charge on any atom is -0.207 e. The topological polar surface area (TPSA) is 0 Å². The molecule has 0 saturated heterocycles. The molecule has 0 radical (unpaired) electrons. The number of aryl methyl sites for hydroxylation is 2. The van der Waals surface area contributed by atoms with Crippen molar-refractivity contribution in [3.63, 3.8) is 0 Å². The summed E-state index contributed by atoms with van der Waals surface area (Å²) in [6.07, 6.45) is 0.0992. The minimum atomic E-state index is -0.570. The standard InChI is InChI=1S/C16H14Cl2F2/c1-9-7-13(17)10(2)6-11(9)14(18)8-12-15(19)4-3-5-16(12)20/h3-7,14H,8H2,1-2H3. The maximum Gasteiger partial charge on any atom is 0.129 e. The first-order valence-electron chi connectivity index (χ1n) is 6.23. The third kappa shape index (κ3) is 3.13. The average molecular weight is 315 g/mol. The average Bonchev–Trinajstić information content (AvgIpc) is 2.38. The molecule has 0 N–H and O–H groups in total. The molecule has 106 valence electrons. The molecule has 0 bridgehead atoms. The largest absolute Gasteiger partial charge is 0.207 e. The van der Waals surface area contributed by atoms with E-state index in [1.807, 2.05) is 26.0 Å². The van der Waals surface area contributed by atoms with E-state index in [4.69, 9.17) is 23.2 Å². The van der Waals surface area contributed by atoms with Crippen LogP contribution in [0.25, 0.3) is 0 Å². The van der Waals surface area contributed by atoms with Gasteiger partial charge in [0.15, 0.2) is 0 Å². The number of alkyl halides is 1. The van der Waals surface area contributed by atoms with Crippen molar-refractivity contribution >= 4 is 23.2 Å². The Morgan fingerprint density at radius 1 is 1.05 bits per heavy atom. The van der Waals surface area contributed by atoms with E-state index in [1.165, 1.54) is 18.2 Å². The quantitative estimate of drug-likeness (QED) is 0.632. The normalized spacial score (nSPS) is 12.5. The summed E-state index contributed by atoms with van der Waals surface area (Å²) in [6, 6.07) is 7.51. The molecule has 0 aliphatic rings. The molecule has 1 unspecified atom stereocenters. The lowest BCUT2D eigenvalue weighted by molar-refractivity contribution is 0.553. The van der Waals surface area contributed by atoms with Crippen LogP contribution in [0.5, 0.6) is 0 Å². The zero-order chi connectivity index (χ0) is 14.9. The van der Waals surface area contributed by atoms with Crippen molar-refractivity contribution in [1.29, 1.82) is 0 Å². The van der Waals surface area contributed by atoms with E-state index < -0.39 is 17.0 Å². The lowest BCUT2D eigenvalue weighted by Crippen LogP contribution is -2.03. The second-order valence-electron chi connectivity index (χ2n) is 4.83. The van der Waals surface area contributed by atoms with E-state index in [0.717, 1.165) is 16.7 Å². The maximum atomic E-state index is 13.7. The Hall–Kier alpha value is -1.12. The first-order chi connectivity index (χ1) is 9.40. The number of hydrogen-bond donors (Lipinski definition) is 0. The molecule has 20 heavy (non-hydrogen) atoms. The van der Waals surface area contributed by atoms with Gasteiger partial charge in [-0.2, -0.15) is 0 Å². The van der Waals surface area contributed by atoms with Gasteiger partial charge >= 0.3 is 0 Å². The zero-order valence-corrected chi connectivity index (χ0v) is 12.7. The highest BCUT2D eigenvalue weighted by Crippen LogP contribution is 2.32. The van der Waals surface area contributed by atoms with E-state index in [0.29, 0.717) is 5.02 Å². The van der Waals surface area contributed by atoms with Crippen molar-refractivity contribution in [3.8, 4) is 0 Å². The molecule has 1 atom stereocenters. The zero-order valence-electron chi connectivity index (χ0n) is 11.2. The lowest BCUT2D eigenvalue weighted by atomic mass is 9.97. The predicted molar refractivity (Wildman–Crippen MR) is 79.6 cm³/mol. The summed E-state index contributed by atoms with van der Waals surface area (Å²) >= 11 is 12.4. The molecule has 0 nitrogen and oxygen atoms in total. The van der Waals surface area contributed by atoms with Crippen LogP contribution in [0.15, 0.2) is 30.3 Å². The Labute approximate surface area is 127 Å². The molecule has 2 rings (SSSR count). The molecular formula is C16H14Cl2F2. The molecule has 2 aromatic rings. The van der Waals surface area contributed by atoms with Crippen molar-refractivity contribution in [1.82, 2.24) is 0 Å². The van der Waals surface area contributed by atoms with Crippen molar-refractivity contribution in [2.45, 2.75) is 25.6 Å². The van der Waals surface area contributed by atoms with Crippen LogP contribution < -0.4 is 0 Å². The molecule has 0 saturated carbocycles. The van der Waals surface area contributed by atoms with Crippen molar-refractivity contribution in [2.24, 2.45) is 0 Å². The van der Waals surface area contributed by atoms with Crippen molar-refractivity contribution in [2.75, 3.05) is 0 Å². The van der Waals surface area contributed by atoms with Gasteiger partial charge in [-0.15, -0.1) is 11.6 Å². The van der Waals surface area contributed by atoms with Gasteiger partial charge in [0.05, 0.1) is 5.38 Å². The summed E-state index contributed by atoms with van der Waals surface area (Å²) < 4.78 is 27.3. The summed E-state index contributed by atoms with van der Waals surface area (Å²) in [5.74, 6) is -1.14. The van der Waals surface area contributed by atoms with Crippen LogP contribution in [0, 0.1) is 25.5 Å². The summed E-state index contributed by atoms with van der Waals surface area (Å²) in [5, 5.41) is 0.157. The predicted octanol–water partition coefficient (Wildman–Crippen LogP) is 5.76. The van der Waals surface area contributed by atoms with Gasteiger partial charge in [0.1, 0.15) is 11.6 Å². The van der Waals surface area contributed by atoms with Gasteiger partial charge in [0, 0.05) is 10.6 Å². The number of rotatable bonds is 3. The fourth-order valence-corrected chi connectivity index (χ4v) is 2.76. The van der Waals surface area contributed by atoms with E-state index in [2.05, 4.69) is 0 Å². The SMILES string of the molecule is Cc1cc(C(Cl)Cc2c(F)cccc2F)c(C)cc1Cl. The highest BCUT2D eigenvalue weighted by Gasteiger charge is 2.17. The summed E-state index contributed by atoms with van der Waals surface area (Å²) in [5.41, 5.74) is 2.67. The molecule has 4 heteroatoms. The van der Waals surface area contributed by atoms with Gasteiger partial charge in [-0.05, 0) is 55.2 Å². The molecule has 0 spiro atoms. The Morgan fingerprint density at radius 3 is 2.25 bits per heavy atom. The molecular weight excluding hydrogens is 301 g/mol. The van der Waals surface area contributed by atoms with E-state index >= 15 is 0 Å². The third-order valence-corrected chi connectivity index (χ3v) is 4.13. The Balaban J connectivity index is 2.33. The van der Waals surface area contributed by atoms with Crippen molar-refractivity contribution in [3.05, 3.63) is 69.2 Å². The highest BCUT2D eigenvalue weighted by molar-refractivity contribution is 6.31. The van der Waals surface area contributed by atoms with Gasteiger partial charge in [0.2, 0.25) is 0 Å². The fourth-order valence-electron chi connectivity index (χ4n) is 2.16. The maximum absolute atomic E-state index is 13.7. The van der Waals surface area contributed by atoms with Crippen molar-refractivity contribution < 1.29 is 8.78 Å². The molecule has 0 heterocycles. The molecule has 0 fully saturated rings. The highest BCUT2D eigenvalue weighted by atomic mass is 35.5. The number of benzene rings is 2. The van der Waals surface area contributed by atoms with Crippen LogP contribution >= 0.6 is 23.2 Å². The van der Waals surface area contributed by atoms with Crippen LogP contribution in [-0.2, 0) is 6.42 Å². The van der Waals surface area contributed by atoms with Gasteiger partial charge < -0.3 is 0 Å². The van der Waals surface area contributed by atoms with Crippen LogP contribution in [-0.4, -0.2) is 0 Å². The summed E-state index contributed by atoms with van der Waals surface area (Å²) in [6.45, 7) is 3.76. The monoisotopic (exact) mass is 314 g/mol.